The molecule has 0 fully saturated rings. The van der Waals surface area contributed by atoms with Gasteiger partial charge in [-0.3, -0.25) is 0 Å². The van der Waals surface area contributed by atoms with E-state index in [1.54, 1.807) is 0 Å². The minimum atomic E-state index is 0.120. The van der Waals surface area contributed by atoms with Crippen LogP contribution in [0, 0.1) is 0 Å². The Morgan fingerprint density at radius 1 is 1.57 bits per heavy atom. The minimum Gasteiger partial charge on any atom is -0.356 e. The van der Waals surface area contributed by atoms with Crippen molar-refractivity contribution in [2.24, 2.45) is 5.73 Å². The molecule has 2 N–H and O–H groups in total. The van der Waals surface area contributed by atoms with Crippen molar-refractivity contribution in [3.63, 3.8) is 0 Å². The van der Waals surface area contributed by atoms with E-state index in [1.807, 2.05) is 12.1 Å². The SMILES string of the molecule is CCC(N)N1CCc2ccc(Cl)cc21. The first kappa shape index (κ1) is 9.81. The van der Waals surface area contributed by atoms with E-state index in [9.17, 15) is 0 Å². The first-order valence-electron chi connectivity index (χ1n) is 5.03. The molecule has 1 aliphatic rings. The fourth-order valence-corrected chi connectivity index (χ4v) is 2.11. The van der Waals surface area contributed by atoms with Gasteiger partial charge in [0.15, 0.2) is 0 Å². The van der Waals surface area contributed by atoms with Crippen LogP contribution in [0.15, 0.2) is 18.2 Å². The quantitative estimate of drug-likeness (QED) is 0.813. The first-order valence-corrected chi connectivity index (χ1v) is 5.41. The molecule has 0 saturated carbocycles. The van der Waals surface area contributed by atoms with Crippen LogP contribution in [0.4, 0.5) is 5.69 Å². The third-order valence-electron chi connectivity index (χ3n) is 2.80. The van der Waals surface area contributed by atoms with Crippen molar-refractivity contribution in [3.8, 4) is 0 Å². The van der Waals surface area contributed by atoms with Crippen LogP contribution in [0.25, 0.3) is 0 Å². The third-order valence-corrected chi connectivity index (χ3v) is 3.03. The van der Waals surface area contributed by atoms with Crippen LogP contribution in [-0.2, 0) is 6.42 Å². The van der Waals surface area contributed by atoms with Crippen LogP contribution in [0.5, 0.6) is 0 Å². The summed E-state index contributed by atoms with van der Waals surface area (Å²) in [6.45, 7) is 3.12. The Balaban J connectivity index is 2.33. The maximum Gasteiger partial charge on any atom is 0.0768 e. The third kappa shape index (κ3) is 1.60. The second-order valence-electron chi connectivity index (χ2n) is 3.69. The van der Waals surface area contributed by atoms with Crippen molar-refractivity contribution >= 4 is 17.3 Å². The fourth-order valence-electron chi connectivity index (χ4n) is 1.94. The summed E-state index contributed by atoms with van der Waals surface area (Å²) in [6.07, 6.45) is 2.17. The highest BCUT2D eigenvalue weighted by Gasteiger charge is 2.22. The van der Waals surface area contributed by atoms with Crippen LogP contribution in [0.2, 0.25) is 5.02 Å². The summed E-state index contributed by atoms with van der Waals surface area (Å²) in [7, 11) is 0. The average Bonchev–Trinajstić information content (AvgIpc) is 2.59. The van der Waals surface area contributed by atoms with Crippen molar-refractivity contribution in [2.75, 3.05) is 11.4 Å². The van der Waals surface area contributed by atoms with Gasteiger partial charge in [-0.15, -0.1) is 0 Å². The Bertz CT molecular complexity index is 338. The predicted octanol–water partition coefficient (Wildman–Crippen LogP) is 2.40. The van der Waals surface area contributed by atoms with Gasteiger partial charge < -0.3 is 10.6 Å². The smallest absolute Gasteiger partial charge is 0.0768 e. The molecule has 2 rings (SSSR count). The summed E-state index contributed by atoms with van der Waals surface area (Å²) in [5.74, 6) is 0. The van der Waals surface area contributed by atoms with E-state index in [1.165, 1.54) is 11.3 Å². The molecule has 2 nitrogen and oxygen atoms in total. The molecule has 0 aromatic heterocycles. The second kappa shape index (κ2) is 3.79. The summed E-state index contributed by atoms with van der Waals surface area (Å²) in [4.78, 5) is 2.24. The average molecular weight is 211 g/mol. The van der Waals surface area contributed by atoms with Crippen LogP contribution in [0.3, 0.4) is 0 Å². The molecular weight excluding hydrogens is 196 g/mol. The lowest BCUT2D eigenvalue weighted by atomic mass is 10.2. The number of hydrogen-bond donors (Lipinski definition) is 1. The molecule has 76 valence electrons. The number of nitrogens with two attached hydrogens (primary N) is 1. The highest BCUT2D eigenvalue weighted by atomic mass is 35.5. The van der Waals surface area contributed by atoms with E-state index in [0.717, 1.165) is 24.4 Å². The summed E-state index contributed by atoms with van der Waals surface area (Å²) in [5, 5.41) is 0.791. The maximum atomic E-state index is 6.03. The first-order chi connectivity index (χ1) is 6.72. The Kier molecular flexibility index (Phi) is 2.66. The maximum absolute atomic E-state index is 6.03. The van der Waals surface area contributed by atoms with Crippen molar-refractivity contribution in [3.05, 3.63) is 28.8 Å². The van der Waals surface area contributed by atoms with Gasteiger partial charge in [-0.05, 0) is 30.5 Å². The van der Waals surface area contributed by atoms with Crippen LogP contribution in [0.1, 0.15) is 18.9 Å². The number of anilines is 1. The largest absolute Gasteiger partial charge is 0.356 e. The molecule has 0 amide bonds. The van der Waals surface area contributed by atoms with Crippen LogP contribution in [-0.4, -0.2) is 12.7 Å². The molecule has 14 heavy (non-hydrogen) atoms. The lowest BCUT2D eigenvalue weighted by Gasteiger charge is -2.26. The summed E-state index contributed by atoms with van der Waals surface area (Å²) in [6, 6.07) is 6.06. The monoisotopic (exact) mass is 210 g/mol. The van der Waals surface area contributed by atoms with Crippen molar-refractivity contribution in [1.29, 1.82) is 0 Å². The van der Waals surface area contributed by atoms with Gasteiger partial charge in [-0.2, -0.15) is 0 Å². The van der Waals surface area contributed by atoms with Crippen LogP contribution >= 0.6 is 11.6 Å². The van der Waals surface area contributed by atoms with Gasteiger partial charge in [-0.25, -0.2) is 0 Å². The van der Waals surface area contributed by atoms with Gasteiger partial charge in [-0.1, -0.05) is 24.6 Å². The molecule has 0 spiro atoms. The van der Waals surface area contributed by atoms with Crippen molar-refractivity contribution < 1.29 is 0 Å². The molecule has 1 atom stereocenters. The number of halogens is 1. The second-order valence-corrected chi connectivity index (χ2v) is 4.13. The highest BCUT2D eigenvalue weighted by Crippen LogP contribution is 2.31. The normalized spacial score (nSPS) is 16.9. The summed E-state index contributed by atoms with van der Waals surface area (Å²) < 4.78 is 0. The topological polar surface area (TPSA) is 29.3 Å². The van der Waals surface area contributed by atoms with E-state index in [-0.39, 0.29) is 6.17 Å². The molecule has 0 bridgehead atoms. The number of hydrogen-bond acceptors (Lipinski definition) is 2. The molecule has 1 aromatic rings. The number of nitrogens with zero attached hydrogens (tertiary/aromatic N) is 1. The molecular formula is C11H15ClN2. The summed E-state index contributed by atoms with van der Waals surface area (Å²) >= 11 is 5.97. The zero-order valence-corrected chi connectivity index (χ0v) is 9.09. The Morgan fingerprint density at radius 3 is 3.07 bits per heavy atom. The van der Waals surface area contributed by atoms with Crippen molar-refractivity contribution in [1.82, 2.24) is 0 Å². The van der Waals surface area contributed by atoms with Crippen LogP contribution < -0.4 is 10.6 Å². The van der Waals surface area contributed by atoms with E-state index in [0.29, 0.717) is 0 Å². The Morgan fingerprint density at radius 2 is 2.36 bits per heavy atom. The van der Waals surface area contributed by atoms with Gasteiger partial charge >= 0.3 is 0 Å². The number of rotatable bonds is 2. The molecule has 1 unspecified atom stereocenters. The van der Waals surface area contributed by atoms with Crippen molar-refractivity contribution in [2.45, 2.75) is 25.9 Å². The van der Waals surface area contributed by atoms with Gasteiger partial charge in [0.05, 0.1) is 6.17 Å². The van der Waals surface area contributed by atoms with E-state index >= 15 is 0 Å². The van der Waals surface area contributed by atoms with Gasteiger partial charge in [0.25, 0.3) is 0 Å². The molecule has 1 aliphatic heterocycles. The van der Waals surface area contributed by atoms with E-state index in [4.69, 9.17) is 17.3 Å². The van der Waals surface area contributed by atoms with Gasteiger partial charge in [0, 0.05) is 17.3 Å². The highest BCUT2D eigenvalue weighted by molar-refractivity contribution is 6.30. The molecule has 3 heteroatoms. The predicted molar refractivity (Wildman–Crippen MR) is 60.8 cm³/mol. The molecule has 1 aromatic carbocycles. The number of benzene rings is 1. The van der Waals surface area contributed by atoms with E-state index in [2.05, 4.69) is 17.9 Å². The Labute approximate surface area is 89.7 Å². The Hall–Kier alpha value is -0.730. The van der Waals surface area contributed by atoms with Gasteiger partial charge in [0.2, 0.25) is 0 Å². The molecule has 0 radical (unpaired) electrons. The molecule has 0 saturated heterocycles. The minimum absolute atomic E-state index is 0.120. The molecule has 1 heterocycles. The summed E-state index contributed by atoms with van der Waals surface area (Å²) in [5.41, 5.74) is 8.60. The molecule has 0 aliphatic carbocycles. The lowest BCUT2D eigenvalue weighted by Crippen LogP contribution is -2.40. The zero-order valence-electron chi connectivity index (χ0n) is 8.33. The number of fused-ring (bicyclic) bond motifs is 1. The zero-order chi connectivity index (χ0) is 10.1. The lowest BCUT2D eigenvalue weighted by molar-refractivity contribution is 0.610. The standard InChI is InChI=1S/C11H15ClN2/c1-2-11(13)14-6-5-8-3-4-9(12)7-10(8)14/h3-4,7,11H,2,5-6,13H2,1H3. The van der Waals surface area contributed by atoms with E-state index < -0.39 is 0 Å². The fraction of sp³-hybridized carbons (Fsp3) is 0.455. The van der Waals surface area contributed by atoms with Gasteiger partial charge in [0.1, 0.15) is 0 Å².